The first kappa shape index (κ1) is 14.0. The first-order chi connectivity index (χ1) is 7.57. The number of benzene rings is 1. The molecule has 0 bridgehead atoms. The van der Waals surface area contributed by atoms with Crippen molar-refractivity contribution < 1.29 is 17.0 Å². The van der Waals surface area contributed by atoms with Crippen LogP contribution in [0.1, 0.15) is 31.9 Å². The molecule has 0 amide bonds. The summed E-state index contributed by atoms with van der Waals surface area (Å²) in [6.07, 6.45) is 0. The molecule has 1 aromatic rings. The zero-order chi connectivity index (χ0) is 13.4. The minimum atomic E-state index is -4.70. The molecule has 0 unspecified atom stereocenters. The number of rotatable bonds is 2. The van der Waals surface area contributed by atoms with Crippen LogP contribution in [-0.4, -0.2) is 15.5 Å². The van der Waals surface area contributed by atoms with E-state index in [4.69, 9.17) is 4.74 Å². The smallest absolute Gasteiger partial charge is 0.332 e. The Morgan fingerprint density at radius 1 is 1.24 bits per heavy atom. The summed E-state index contributed by atoms with van der Waals surface area (Å²) in [6, 6.07) is 2.90. The molecule has 0 N–H and O–H groups in total. The van der Waals surface area contributed by atoms with Gasteiger partial charge in [-0.05, 0) is 30.0 Å². The Balaban J connectivity index is 3.61. The first-order valence-corrected chi connectivity index (χ1v) is 6.59. The highest BCUT2D eigenvalue weighted by Gasteiger charge is 2.24. The number of halogens is 1. The van der Waals surface area contributed by atoms with Crippen molar-refractivity contribution >= 4 is 10.2 Å². The largest absolute Gasteiger partial charge is 0.496 e. The molecule has 0 saturated carbocycles. The first-order valence-electron chi connectivity index (χ1n) is 5.21. The van der Waals surface area contributed by atoms with E-state index in [0.29, 0.717) is 16.9 Å². The van der Waals surface area contributed by atoms with Crippen LogP contribution in [0.15, 0.2) is 17.0 Å². The summed E-state index contributed by atoms with van der Waals surface area (Å²) in [4.78, 5) is -0.289. The molecule has 5 heteroatoms. The van der Waals surface area contributed by atoms with Gasteiger partial charge in [0.1, 0.15) is 10.6 Å². The lowest BCUT2D eigenvalue weighted by atomic mass is 9.86. The third-order valence-corrected chi connectivity index (χ3v) is 3.53. The summed E-state index contributed by atoms with van der Waals surface area (Å²) >= 11 is 0. The zero-order valence-electron chi connectivity index (χ0n) is 10.7. The molecule has 0 aliphatic heterocycles. The quantitative estimate of drug-likeness (QED) is 0.768. The Bertz CT molecular complexity index is 527. The molecule has 96 valence electrons. The van der Waals surface area contributed by atoms with Gasteiger partial charge in [-0.25, -0.2) is 0 Å². The van der Waals surface area contributed by atoms with Crippen LogP contribution < -0.4 is 4.74 Å². The normalized spacial score (nSPS) is 12.6. The Labute approximate surface area is 102 Å². The zero-order valence-corrected chi connectivity index (χ0v) is 11.5. The number of hydrogen-bond donors (Lipinski definition) is 0. The third-order valence-electron chi connectivity index (χ3n) is 2.57. The third kappa shape index (κ3) is 2.97. The van der Waals surface area contributed by atoms with Crippen LogP contribution in [0, 0.1) is 6.92 Å². The fraction of sp³-hybridized carbons (Fsp3) is 0.500. The fourth-order valence-electron chi connectivity index (χ4n) is 1.68. The average molecular weight is 260 g/mol. The van der Waals surface area contributed by atoms with Gasteiger partial charge in [0.2, 0.25) is 0 Å². The lowest BCUT2D eigenvalue weighted by Gasteiger charge is -2.23. The van der Waals surface area contributed by atoms with Crippen LogP contribution >= 0.6 is 0 Å². The van der Waals surface area contributed by atoms with E-state index in [1.54, 1.807) is 13.0 Å². The van der Waals surface area contributed by atoms with Crippen LogP contribution in [0.5, 0.6) is 5.75 Å². The molecule has 0 aliphatic rings. The maximum atomic E-state index is 13.1. The molecule has 0 radical (unpaired) electrons. The summed E-state index contributed by atoms with van der Waals surface area (Å²) in [5, 5.41) is 0. The standard InChI is InChI=1S/C12H17FO3S/c1-8-6-10(16-5)9(12(2,3)4)7-11(8)17(13,14)15/h6-7H,1-5H3. The second-order valence-corrected chi connectivity index (χ2v) is 6.32. The molecule has 1 aromatic carbocycles. The van der Waals surface area contributed by atoms with Crippen LogP contribution in [-0.2, 0) is 15.6 Å². The predicted octanol–water partition coefficient (Wildman–Crippen LogP) is 2.96. The fourth-order valence-corrected chi connectivity index (χ4v) is 2.38. The van der Waals surface area contributed by atoms with E-state index >= 15 is 0 Å². The maximum absolute atomic E-state index is 13.1. The molecule has 0 saturated heterocycles. The minimum absolute atomic E-state index is 0.289. The lowest BCUT2D eigenvalue weighted by molar-refractivity contribution is 0.396. The molecule has 0 heterocycles. The lowest BCUT2D eigenvalue weighted by Crippen LogP contribution is -2.14. The van der Waals surface area contributed by atoms with Crippen LogP contribution in [0.2, 0.25) is 0 Å². The molecule has 0 aliphatic carbocycles. The van der Waals surface area contributed by atoms with Crippen LogP contribution in [0.3, 0.4) is 0 Å². The predicted molar refractivity (Wildman–Crippen MR) is 64.7 cm³/mol. The highest BCUT2D eigenvalue weighted by atomic mass is 32.3. The topological polar surface area (TPSA) is 43.4 Å². The van der Waals surface area contributed by atoms with E-state index in [0.717, 1.165) is 0 Å². The van der Waals surface area contributed by atoms with Gasteiger partial charge in [0.25, 0.3) is 0 Å². The van der Waals surface area contributed by atoms with Gasteiger partial charge in [0, 0.05) is 5.56 Å². The van der Waals surface area contributed by atoms with E-state index in [9.17, 15) is 12.3 Å². The average Bonchev–Trinajstić information content (AvgIpc) is 2.13. The van der Waals surface area contributed by atoms with Gasteiger partial charge in [-0.3, -0.25) is 0 Å². The van der Waals surface area contributed by atoms with E-state index in [-0.39, 0.29) is 10.3 Å². The minimum Gasteiger partial charge on any atom is -0.496 e. The van der Waals surface area contributed by atoms with Crippen molar-refractivity contribution in [2.45, 2.75) is 38.0 Å². The molecule has 1 rings (SSSR count). The number of methoxy groups -OCH3 is 1. The van der Waals surface area contributed by atoms with Gasteiger partial charge >= 0.3 is 10.2 Å². The number of hydrogen-bond acceptors (Lipinski definition) is 3. The molecule has 0 atom stereocenters. The van der Waals surface area contributed by atoms with Gasteiger partial charge < -0.3 is 4.74 Å². The summed E-state index contributed by atoms with van der Waals surface area (Å²) in [5.41, 5.74) is 0.692. The van der Waals surface area contributed by atoms with Gasteiger partial charge in [0.05, 0.1) is 7.11 Å². The highest BCUT2D eigenvalue weighted by Crippen LogP contribution is 2.35. The van der Waals surface area contributed by atoms with E-state index < -0.39 is 10.2 Å². The molecule has 3 nitrogen and oxygen atoms in total. The SMILES string of the molecule is COc1cc(C)c(S(=O)(=O)F)cc1C(C)(C)C. The Kier molecular flexibility index (Phi) is 3.52. The second-order valence-electron chi connectivity index (χ2n) is 5.01. The Morgan fingerprint density at radius 3 is 2.12 bits per heavy atom. The van der Waals surface area contributed by atoms with Crippen LogP contribution in [0.4, 0.5) is 3.89 Å². The molecule has 17 heavy (non-hydrogen) atoms. The number of aryl methyl sites for hydroxylation is 1. The van der Waals surface area contributed by atoms with Gasteiger partial charge in [-0.2, -0.15) is 8.42 Å². The van der Waals surface area contributed by atoms with Gasteiger partial charge in [-0.15, -0.1) is 3.89 Å². The van der Waals surface area contributed by atoms with Crippen molar-refractivity contribution in [2.24, 2.45) is 0 Å². The van der Waals surface area contributed by atoms with Crippen LogP contribution in [0.25, 0.3) is 0 Å². The number of ether oxygens (including phenoxy) is 1. The van der Waals surface area contributed by atoms with Crippen molar-refractivity contribution in [1.29, 1.82) is 0 Å². The van der Waals surface area contributed by atoms with E-state index in [1.165, 1.54) is 13.2 Å². The summed E-state index contributed by atoms with van der Waals surface area (Å²) in [6.45, 7) is 7.28. The van der Waals surface area contributed by atoms with Crippen molar-refractivity contribution in [2.75, 3.05) is 7.11 Å². The Hall–Kier alpha value is -1.10. The van der Waals surface area contributed by atoms with Crippen molar-refractivity contribution in [3.05, 3.63) is 23.3 Å². The molecular formula is C12H17FO3S. The summed E-state index contributed by atoms with van der Waals surface area (Å²) < 4.78 is 40.4. The maximum Gasteiger partial charge on any atom is 0.332 e. The molecule has 0 spiro atoms. The van der Waals surface area contributed by atoms with E-state index in [1.807, 2.05) is 20.8 Å². The van der Waals surface area contributed by atoms with E-state index in [2.05, 4.69) is 0 Å². The molecular weight excluding hydrogens is 243 g/mol. The van der Waals surface area contributed by atoms with Crippen molar-refractivity contribution in [3.63, 3.8) is 0 Å². The second kappa shape index (κ2) is 4.29. The highest BCUT2D eigenvalue weighted by molar-refractivity contribution is 7.86. The molecule has 0 fully saturated rings. The monoisotopic (exact) mass is 260 g/mol. The van der Waals surface area contributed by atoms with Gasteiger partial charge in [0.15, 0.2) is 0 Å². The Morgan fingerprint density at radius 2 is 1.76 bits per heavy atom. The van der Waals surface area contributed by atoms with Gasteiger partial charge in [-0.1, -0.05) is 20.8 Å². The van der Waals surface area contributed by atoms with Crippen molar-refractivity contribution in [3.8, 4) is 5.75 Å². The molecule has 0 aromatic heterocycles. The van der Waals surface area contributed by atoms with Crippen molar-refractivity contribution in [1.82, 2.24) is 0 Å². The summed E-state index contributed by atoms with van der Waals surface area (Å²) in [5.74, 6) is 0.572. The summed E-state index contributed by atoms with van der Waals surface area (Å²) in [7, 11) is -3.19.